The van der Waals surface area contributed by atoms with Gasteiger partial charge < -0.3 is 15.0 Å². The van der Waals surface area contributed by atoms with E-state index in [1.165, 1.54) is 28.0 Å². The zero-order valence-electron chi connectivity index (χ0n) is 27.7. The van der Waals surface area contributed by atoms with E-state index in [-0.39, 0.29) is 51.1 Å². The Morgan fingerprint density at radius 1 is 1.12 bits per heavy atom. The molecular formula is C34H43FN4O8S. The average molecular weight is 687 g/mol. The molecule has 4 aliphatic rings. The molecule has 14 heteroatoms. The van der Waals surface area contributed by atoms with Crippen LogP contribution in [-0.2, 0) is 47.0 Å². The van der Waals surface area contributed by atoms with Crippen molar-refractivity contribution in [1.82, 2.24) is 19.8 Å². The number of carbonyl (C=O) groups is 5. The predicted octanol–water partition coefficient (Wildman–Crippen LogP) is 3.26. The Kier molecular flexibility index (Phi) is 9.61. The minimum absolute atomic E-state index is 0.0123. The monoisotopic (exact) mass is 686 g/mol. The first-order chi connectivity index (χ1) is 22.4. The van der Waals surface area contributed by atoms with Crippen molar-refractivity contribution in [3.05, 3.63) is 59.4 Å². The van der Waals surface area contributed by atoms with E-state index in [4.69, 9.17) is 4.74 Å². The minimum Gasteiger partial charge on any atom is -0.444 e. The number of sulfonamides is 1. The molecule has 260 valence electrons. The Balaban J connectivity index is 1.32. The van der Waals surface area contributed by atoms with Crippen LogP contribution in [0.3, 0.4) is 0 Å². The number of ketones is 1. The second kappa shape index (κ2) is 13.1. The molecule has 48 heavy (non-hydrogen) atoms. The van der Waals surface area contributed by atoms with Crippen molar-refractivity contribution in [2.75, 3.05) is 6.54 Å². The predicted molar refractivity (Wildman–Crippen MR) is 173 cm³/mol. The van der Waals surface area contributed by atoms with Crippen molar-refractivity contribution < 1.29 is 41.5 Å². The van der Waals surface area contributed by atoms with Crippen LogP contribution in [-0.4, -0.2) is 77.3 Å². The number of allylic oxidation sites excluding steroid dienone is 2. The molecule has 2 aliphatic carbocycles. The highest BCUT2D eigenvalue weighted by atomic mass is 32.2. The van der Waals surface area contributed by atoms with Gasteiger partial charge in [0.15, 0.2) is 5.78 Å². The SMILES string of the molecule is C=C[C@@H]1C[C@]1(NC(=O)C1C[C@@H](OC(=O)N2Cc3cccc(F)c3C2)CN1C(=O)CC(C)(C)CC(=O)C=C(C)C)C(=O)NS(=O)(=O)C1CC1. The summed E-state index contributed by atoms with van der Waals surface area (Å²) in [4.78, 5) is 69.4. The van der Waals surface area contributed by atoms with Gasteiger partial charge in [0.05, 0.1) is 18.3 Å². The summed E-state index contributed by atoms with van der Waals surface area (Å²) in [7, 11) is -3.90. The van der Waals surface area contributed by atoms with Crippen molar-refractivity contribution >= 4 is 39.6 Å². The second-order valence-corrected chi connectivity index (χ2v) is 16.4. The fraction of sp³-hybridized carbons (Fsp3) is 0.559. The quantitative estimate of drug-likeness (QED) is 0.251. The zero-order chi connectivity index (χ0) is 35.2. The first-order valence-electron chi connectivity index (χ1n) is 16.1. The van der Waals surface area contributed by atoms with Crippen LogP contribution in [0.4, 0.5) is 9.18 Å². The van der Waals surface area contributed by atoms with Crippen LogP contribution in [0.2, 0.25) is 0 Å². The van der Waals surface area contributed by atoms with E-state index in [2.05, 4.69) is 16.6 Å². The molecule has 0 radical (unpaired) electrons. The Labute approximate surface area is 280 Å². The molecule has 0 spiro atoms. The van der Waals surface area contributed by atoms with Crippen molar-refractivity contribution in [2.45, 2.75) is 102 Å². The summed E-state index contributed by atoms with van der Waals surface area (Å²) in [6, 6.07) is 3.44. The second-order valence-electron chi connectivity index (χ2n) is 14.4. The minimum atomic E-state index is -3.90. The standard InChI is InChI=1S/C34H43FN4O8S/c1-6-22-14-34(22,31(43)37-48(45,46)25-10-11-25)36-30(42)28-13-24(47-32(44)38-17-21-8-7-9-27(35)26(21)19-38)18-39(28)29(41)16-33(4,5)15-23(40)12-20(2)3/h6-9,12,22,24-25,28H,1,10-11,13-19H2,2-5H3,(H,36,42)(H,37,43)/t22-,24-,28?,34-/m1/s1. The molecule has 5 rings (SSSR count). The van der Waals surface area contributed by atoms with Crippen molar-refractivity contribution in [3.63, 3.8) is 0 Å². The summed E-state index contributed by atoms with van der Waals surface area (Å²) < 4.78 is 47.3. The first kappa shape index (κ1) is 35.2. The van der Waals surface area contributed by atoms with Crippen LogP contribution in [0.1, 0.15) is 77.3 Å². The number of rotatable bonds is 12. The maximum Gasteiger partial charge on any atom is 0.410 e. The number of amides is 4. The van der Waals surface area contributed by atoms with E-state index in [0.29, 0.717) is 24.0 Å². The van der Waals surface area contributed by atoms with Crippen LogP contribution >= 0.6 is 0 Å². The Morgan fingerprint density at radius 3 is 2.44 bits per heavy atom. The molecule has 1 aromatic rings. The van der Waals surface area contributed by atoms with Gasteiger partial charge in [-0.25, -0.2) is 17.6 Å². The van der Waals surface area contributed by atoms with E-state index < -0.39 is 73.9 Å². The lowest BCUT2D eigenvalue weighted by molar-refractivity contribution is -0.141. The summed E-state index contributed by atoms with van der Waals surface area (Å²) in [5.74, 6) is -3.14. The number of fused-ring (bicyclic) bond motifs is 1. The Morgan fingerprint density at radius 2 is 1.83 bits per heavy atom. The van der Waals surface area contributed by atoms with Gasteiger partial charge in [-0.2, -0.15) is 0 Å². The number of ether oxygens (including phenoxy) is 1. The normalized spacial score (nSPS) is 24.7. The fourth-order valence-corrected chi connectivity index (χ4v) is 7.94. The molecule has 2 saturated carbocycles. The van der Waals surface area contributed by atoms with Gasteiger partial charge >= 0.3 is 6.09 Å². The van der Waals surface area contributed by atoms with E-state index in [1.807, 2.05) is 0 Å². The van der Waals surface area contributed by atoms with Gasteiger partial charge in [-0.3, -0.25) is 28.8 Å². The topological polar surface area (TPSA) is 159 Å². The number of hydrogen-bond acceptors (Lipinski definition) is 8. The molecule has 0 bridgehead atoms. The maximum absolute atomic E-state index is 14.3. The number of carbonyl (C=O) groups excluding carboxylic acids is 5. The highest BCUT2D eigenvalue weighted by Crippen LogP contribution is 2.45. The summed E-state index contributed by atoms with van der Waals surface area (Å²) in [5, 5.41) is 2.05. The van der Waals surface area contributed by atoms with Gasteiger partial charge in [0.2, 0.25) is 21.8 Å². The molecule has 1 unspecified atom stereocenters. The lowest BCUT2D eigenvalue weighted by Crippen LogP contribution is -2.56. The molecule has 2 heterocycles. The first-order valence-corrected chi connectivity index (χ1v) is 17.7. The van der Waals surface area contributed by atoms with Crippen LogP contribution in [0.25, 0.3) is 0 Å². The van der Waals surface area contributed by atoms with Crippen LogP contribution in [0, 0.1) is 17.2 Å². The van der Waals surface area contributed by atoms with E-state index in [1.54, 1.807) is 39.8 Å². The lowest BCUT2D eigenvalue weighted by Gasteiger charge is -2.30. The van der Waals surface area contributed by atoms with Gasteiger partial charge in [-0.05, 0) is 56.2 Å². The number of nitrogens with one attached hydrogen (secondary N) is 2. The third kappa shape index (κ3) is 7.63. The molecule has 4 atom stereocenters. The van der Waals surface area contributed by atoms with Gasteiger partial charge in [-0.1, -0.05) is 37.6 Å². The largest absolute Gasteiger partial charge is 0.444 e. The van der Waals surface area contributed by atoms with Crippen LogP contribution in [0.15, 0.2) is 42.5 Å². The zero-order valence-corrected chi connectivity index (χ0v) is 28.5. The summed E-state index contributed by atoms with van der Waals surface area (Å²) >= 11 is 0. The number of halogens is 1. The van der Waals surface area contributed by atoms with Crippen molar-refractivity contribution in [2.24, 2.45) is 11.3 Å². The smallest absolute Gasteiger partial charge is 0.410 e. The molecule has 1 saturated heterocycles. The van der Waals surface area contributed by atoms with Gasteiger partial charge in [-0.15, -0.1) is 6.58 Å². The summed E-state index contributed by atoms with van der Waals surface area (Å²) in [6.45, 7) is 10.9. The van der Waals surface area contributed by atoms with E-state index >= 15 is 0 Å². The Bertz CT molecular complexity index is 1680. The van der Waals surface area contributed by atoms with Crippen molar-refractivity contribution in [1.29, 1.82) is 0 Å². The summed E-state index contributed by atoms with van der Waals surface area (Å²) in [5.41, 5.74) is -0.456. The van der Waals surface area contributed by atoms with Gasteiger partial charge in [0.1, 0.15) is 23.5 Å². The fourth-order valence-electron chi connectivity index (χ4n) is 6.57. The highest BCUT2D eigenvalue weighted by Gasteiger charge is 2.62. The number of hydrogen-bond donors (Lipinski definition) is 2. The number of likely N-dealkylation sites (tertiary alicyclic amines) is 1. The van der Waals surface area contributed by atoms with E-state index in [9.17, 15) is 36.8 Å². The molecule has 2 aliphatic heterocycles. The third-order valence-electron chi connectivity index (χ3n) is 9.32. The third-order valence-corrected chi connectivity index (χ3v) is 11.1. The molecule has 4 amide bonds. The van der Waals surface area contributed by atoms with Gasteiger partial charge in [0.25, 0.3) is 5.91 Å². The average Bonchev–Trinajstić information content (AvgIpc) is 3.86. The molecule has 2 N–H and O–H groups in total. The molecule has 12 nitrogen and oxygen atoms in total. The molecule has 0 aromatic heterocycles. The maximum atomic E-state index is 14.3. The van der Waals surface area contributed by atoms with Crippen LogP contribution in [0.5, 0.6) is 0 Å². The van der Waals surface area contributed by atoms with Crippen molar-refractivity contribution in [3.8, 4) is 0 Å². The van der Waals surface area contributed by atoms with Crippen LogP contribution < -0.4 is 10.0 Å². The Hall–Kier alpha value is -4.07. The molecule has 3 fully saturated rings. The number of benzene rings is 1. The lowest BCUT2D eigenvalue weighted by atomic mass is 9.83. The number of nitrogens with zero attached hydrogens (tertiary/aromatic N) is 2. The van der Waals surface area contributed by atoms with E-state index in [0.717, 1.165) is 5.57 Å². The highest BCUT2D eigenvalue weighted by molar-refractivity contribution is 7.91. The summed E-state index contributed by atoms with van der Waals surface area (Å²) in [6.07, 6.45) is 2.25. The molecular weight excluding hydrogens is 643 g/mol. The van der Waals surface area contributed by atoms with Gasteiger partial charge in [0, 0.05) is 37.3 Å². The molecule has 1 aromatic carbocycles.